The smallest absolute Gasteiger partial charge is 0.359 e. The van der Waals surface area contributed by atoms with Crippen LogP contribution in [0.3, 0.4) is 0 Å². The van der Waals surface area contributed by atoms with Gasteiger partial charge in [0, 0.05) is 116 Å². The van der Waals surface area contributed by atoms with Gasteiger partial charge in [-0.2, -0.15) is 73.4 Å². The number of aromatic amines is 1. The molecular weight excluding hydrogens is 1460 g/mol. The number of pyridine rings is 3. The second-order valence-electron chi connectivity index (χ2n) is 30.0. The number of ether oxygens (including phenoxy) is 2. The van der Waals surface area contributed by atoms with Crippen LogP contribution in [0.4, 0.5) is 39.5 Å². The summed E-state index contributed by atoms with van der Waals surface area (Å²) in [4.78, 5) is 74.0. The molecule has 3 aliphatic carbocycles. The summed E-state index contributed by atoms with van der Waals surface area (Å²) in [5.74, 6) is 0.904. The van der Waals surface area contributed by atoms with E-state index in [1.54, 1.807) is 36.4 Å². The minimum Gasteiger partial charge on any atom is -0.359 e. The van der Waals surface area contributed by atoms with Crippen molar-refractivity contribution in [2.24, 2.45) is 17.8 Å². The van der Waals surface area contributed by atoms with Crippen LogP contribution in [0.5, 0.6) is 0 Å². The molecule has 0 spiro atoms. The number of alkyl halides is 9. The van der Waals surface area contributed by atoms with Gasteiger partial charge in [-0.3, -0.25) is 20.1 Å². The molecule has 0 bridgehead atoms. The minimum absolute atomic E-state index is 0.0267. The van der Waals surface area contributed by atoms with Crippen LogP contribution < -0.4 is 0 Å². The number of H-pyrrole nitrogens is 1. The quantitative estimate of drug-likeness (QED) is 0.0448. The van der Waals surface area contributed by atoms with Crippen molar-refractivity contribution in [3.63, 3.8) is 0 Å². The SMILES string of the molecule is CC1CCC(c2ccc(-c3ccc(-c4n[nH]c(C(F)(F)F)n4)cc3)cn2)CC1.CC1CCC(c2ccc(-c3ccc(-c4nc(C(F)(F)F)n(COCC[Si](C)(C)C)n4)cc3)cn2)CC1.CC1CCC(c2ccc(-c3ccc(-c4nc(C(F)(F)F)nn4COCC[Si](C)(C)C)cc3)cn2)CC1.O=C=O.O=C=O.O=C=O. The number of nitrogens with one attached hydrogen (secondary N) is 1. The zero-order valence-corrected chi connectivity index (χ0v) is 64.4. The molecule has 1 N–H and O–H groups in total. The molecule has 3 saturated carbocycles. The Kier molecular flexibility index (Phi) is 31.9. The van der Waals surface area contributed by atoms with Crippen molar-refractivity contribution in [3.8, 4) is 67.5 Å². The Morgan fingerprint density at radius 1 is 0.404 bits per heavy atom. The van der Waals surface area contributed by atoms with E-state index >= 15 is 0 Å². The number of carbonyl (C=O) groups excluding carboxylic acids is 6. The fourth-order valence-electron chi connectivity index (χ4n) is 12.7. The first-order valence-electron chi connectivity index (χ1n) is 36.0. The van der Waals surface area contributed by atoms with Gasteiger partial charge in [-0.25, -0.2) is 24.3 Å². The van der Waals surface area contributed by atoms with Gasteiger partial charge in [0.25, 0.3) is 5.82 Å². The van der Waals surface area contributed by atoms with Gasteiger partial charge in [0.2, 0.25) is 11.6 Å². The molecule has 0 atom stereocenters. The molecule has 20 nitrogen and oxygen atoms in total. The Labute approximate surface area is 629 Å². The van der Waals surface area contributed by atoms with Crippen LogP contribution in [0, 0.1) is 17.8 Å². The van der Waals surface area contributed by atoms with Crippen molar-refractivity contribution >= 4 is 34.6 Å². The third-order valence-corrected chi connectivity index (χ3v) is 22.5. The largest absolute Gasteiger partial charge is 0.453 e. The molecule has 3 fully saturated rings. The van der Waals surface area contributed by atoms with Gasteiger partial charge >= 0.3 is 37.0 Å². The summed E-state index contributed by atoms with van der Waals surface area (Å²) < 4.78 is 132. The zero-order valence-electron chi connectivity index (χ0n) is 62.4. The third-order valence-electron chi connectivity index (χ3n) is 19.1. The summed E-state index contributed by atoms with van der Waals surface area (Å²) in [5.41, 5.74) is 10.8. The van der Waals surface area contributed by atoms with Gasteiger partial charge in [-0.05, 0) is 103 Å². The molecule has 3 aromatic carbocycles. The lowest BCUT2D eigenvalue weighted by molar-refractivity contribution is -0.193. The van der Waals surface area contributed by atoms with Crippen molar-refractivity contribution in [3.05, 3.63) is 162 Å². The van der Waals surface area contributed by atoms with E-state index in [1.807, 2.05) is 60.1 Å². The molecular formula is C78H91F9N12O8Si2. The maximum atomic E-state index is 13.6. The van der Waals surface area contributed by atoms with Crippen LogP contribution in [0.25, 0.3) is 67.5 Å². The normalized spacial score (nSPS) is 18.0. The van der Waals surface area contributed by atoms with Crippen molar-refractivity contribution < 1.29 is 77.8 Å². The lowest BCUT2D eigenvalue weighted by atomic mass is 9.81. The molecule has 6 aromatic heterocycles. The average Bonchev–Trinajstić information content (AvgIpc) is 1.68. The first-order valence-corrected chi connectivity index (χ1v) is 43.4. The van der Waals surface area contributed by atoms with E-state index in [-0.39, 0.29) is 49.4 Å². The Morgan fingerprint density at radius 3 is 1.05 bits per heavy atom. The molecule has 12 rings (SSSR count). The second-order valence-corrected chi connectivity index (χ2v) is 41.2. The number of hydrogen-bond acceptors (Lipinski definition) is 17. The summed E-state index contributed by atoms with van der Waals surface area (Å²) >= 11 is 0. The van der Waals surface area contributed by atoms with E-state index in [2.05, 4.69) is 132 Å². The van der Waals surface area contributed by atoms with Gasteiger partial charge in [0.05, 0.1) is 0 Å². The van der Waals surface area contributed by atoms with E-state index in [9.17, 15) is 39.5 Å². The van der Waals surface area contributed by atoms with Crippen molar-refractivity contribution in [1.82, 2.24) is 59.7 Å². The van der Waals surface area contributed by atoms with E-state index in [4.69, 9.17) is 48.2 Å². The summed E-state index contributed by atoms with van der Waals surface area (Å²) in [6.45, 7) is 20.7. The molecule has 0 saturated heterocycles. The number of aromatic nitrogens is 12. The zero-order chi connectivity index (χ0) is 79.7. The predicted molar refractivity (Wildman–Crippen MR) is 392 cm³/mol. The van der Waals surface area contributed by atoms with Crippen LogP contribution in [-0.4, -0.2) is 107 Å². The molecule has 3 aliphatic rings. The van der Waals surface area contributed by atoms with Crippen LogP contribution in [-0.2, 0) is 70.2 Å². The molecule has 31 heteroatoms. The summed E-state index contributed by atoms with van der Waals surface area (Å²) in [5, 5.41) is 13.4. The molecule has 0 radical (unpaired) electrons. The average molecular weight is 1550 g/mol. The predicted octanol–water partition coefficient (Wildman–Crippen LogP) is 19.4. The number of nitrogens with zero attached hydrogens (tertiary/aromatic N) is 11. The van der Waals surface area contributed by atoms with Gasteiger partial charge in [0.15, 0.2) is 17.5 Å². The molecule has 6 heterocycles. The van der Waals surface area contributed by atoms with Crippen LogP contribution in [0.2, 0.25) is 51.4 Å². The number of benzene rings is 3. The van der Waals surface area contributed by atoms with E-state index < -0.39 is 52.1 Å². The molecule has 9 aromatic rings. The first-order chi connectivity index (χ1) is 51.6. The highest BCUT2D eigenvalue weighted by molar-refractivity contribution is 6.76. The fourth-order valence-corrected chi connectivity index (χ4v) is 14.2. The van der Waals surface area contributed by atoms with Crippen LogP contribution in [0.1, 0.15) is 150 Å². The maximum Gasteiger partial charge on any atom is 0.453 e. The number of halogens is 9. The standard InChI is InChI=1S/2C27H35F3N4OSi.C21H21F3N4.3CO2/c1-19-5-7-21(8-6-19)24-14-13-23(17-31-24)20-9-11-22(12-10-20)25-32-26(27(28,29)30)33-34(25)18-35-15-16-36(2,3)4;1-19-5-7-21(8-6-19)24-14-13-23(17-31-24)20-9-11-22(12-10-20)25-32-26(27(28,29)30)34(33-25)18-35-15-16-36(2,3)4;1-13-2-4-15(5-3-13)18-11-10-17(12-25-18)14-6-8-16(9-7-14)19-26-20(28-27-19)21(22,23)24;3*2-1-3/h2*9-14,17,19,21H,5-8,15-16,18H2,1-4H3;6-13,15H,2-5H2,1H3,(H,26,27,28);;;. The monoisotopic (exact) mass is 1550 g/mol. The summed E-state index contributed by atoms with van der Waals surface area (Å²) in [7, 11) is -2.65. The van der Waals surface area contributed by atoms with E-state index in [0.717, 1.165) is 85.0 Å². The van der Waals surface area contributed by atoms with Crippen molar-refractivity contribution in [2.75, 3.05) is 13.2 Å². The molecule has 0 unspecified atom stereocenters. The molecule has 0 aliphatic heterocycles. The lowest BCUT2D eigenvalue weighted by Crippen LogP contribution is -2.23. The summed E-state index contributed by atoms with van der Waals surface area (Å²) in [6.07, 6.45) is 7.26. The molecule has 0 amide bonds. The van der Waals surface area contributed by atoms with Gasteiger partial charge in [0.1, 0.15) is 13.5 Å². The summed E-state index contributed by atoms with van der Waals surface area (Å²) in [6, 6.07) is 36.0. The number of hydrogen-bond donors (Lipinski definition) is 1. The first kappa shape index (κ1) is 86.6. The lowest BCUT2D eigenvalue weighted by Gasteiger charge is -2.25. The minimum atomic E-state index is -4.62. The number of rotatable bonds is 19. The Balaban J connectivity index is 0.000000217. The third kappa shape index (κ3) is 27.2. The molecule has 109 heavy (non-hydrogen) atoms. The maximum absolute atomic E-state index is 13.6. The fraction of sp³-hybridized carbons (Fsp3) is 0.462. The van der Waals surface area contributed by atoms with Crippen LogP contribution in [0.15, 0.2) is 128 Å². The highest BCUT2D eigenvalue weighted by Gasteiger charge is 2.40. The second kappa shape index (κ2) is 40.2. The van der Waals surface area contributed by atoms with Crippen molar-refractivity contribution in [2.45, 2.75) is 199 Å². The van der Waals surface area contributed by atoms with Gasteiger partial charge in [-0.1, -0.05) is 190 Å². The Morgan fingerprint density at radius 2 is 0.734 bits per heavy atom. The topological polar surface area (TPSA) is 263 Å². The van der Waals surface area contributed by atoms with Gasteiger partial charge < -0.3 is 9.47 Å². The van der Waals surface area contributed by atoms with Crippen molar-refractivity contribution in [1.29, 1.82) is 0 Å². The van der Waals surface area contributed by atoms with Crippen LogP contribution >= 0.6 is 0 Å². The van der Waals surface area contributed by atoms with E-state index in [0.29, 0.717) is 47.7 Å². The van der Waals surface area contributed by atoms with Gasteiger partial charge in [-0.15, -0.1) is 10.2 Å². The highest BCUT2D eigenvalue weighted by atomic mass is 28.3. The Hall–Kier alpha value is -9.61. The highest BCUT2D eigenvalue weighted by Crippen LogP contribution is 2.40. The van der Waals surface area contributed by atoms with E-state index in [1.165, 1.54) is 81.7 Å². The Bertz CT molecular complexity index is 4320. The molecule has 582 valence electrons.